The predicted octanol–water partition coefficient (Wildman–Crippen LogP) is 1.59. The van der Waals surface area contributed by atoms with Gasteiger partial charge in [-0.1, -0.05) is 11.6 Å². The molecule has 1 aromatic rings. The number of nitrogens with one attached hydrogen (secondary N) is 1. The number of aromatic nitrogens is 1. The number of nitrogens with zero attached hydrogens (tertiary/aromatic N) is 1. The molecule has 1 aromatic heterocycles. The first-order valence-corrected chi connectivity index (χ1v) is 3.56. The van der Waals surface area contributed by atoms with E-state index in [4.69, 9.17) is 11.6 Å². The third-order valence-electron chi connectivity index (χ3n) is 1.23. The van der Waals surface area contributed by atoms with Crippen molar-refractivity contribution in [1.82, 2.24) is 10.3 Å². The Hall–Kier alpha value is -0.670. The molecule has 1 N–H and O–H groups in total. The van der Waals surface area contributed by atoms with E-state index in [0.717, 1.165) is 6.20 Å². The van der Waals surface area contributed by atoms with Crippen LogP contribution in [0.4, 0.5) is 4.39 Å². The van der Waals surface area contributed by atoms with E-state index in [1.54, 1.807) is 7.05 Å². The molecular formula is C7H8ClFN2. The Morgan fingerprint density at radius 3 is 3.00 bits per heavy atom. The molecule has 0 unspecified atom stereocenters. The summed E-state index contributed by atoms with van der Waals surface area (Å²) in [4.78, 5) is 3.80. The molecule has 0 spiro atoms. The van der Waals surface area contributed by atoms with E-state index in [9.17, 15) is 4.39 Å². The summed E-state index contributed by atoms with van der Waals surface area (Å²) in [7, 11) is 1.78. The summed E-state index contributed by atoms with van der Waals surface area (Å²) < 4.78 is 12.4. The Morgan fingerprint density at radius 2 is 2.45 bits per heavy atom. The van der Waals surface area contributed by atoms with Gasteiger partial charge in [-0.05, 0) is 13.1 Å². The minimum Gasteiger partial charge on any atom is -0.314 e. The first-order valence-electron chi connectivity index (χ1n) is 3.18. The Bertz CT molecular complexity index is 252. The second-order valence-electron chi connectivity index (χ2n) is 2.11. The molecule has 1 heterocycles. The average Bonchev–Trinajstić information content (AvgIpc) is 1.95. The number of halogens is 2. The van der Waals surface area contributed by atoms with Crippen LogP contribution in [0.3, 0.4) is 0 Å². The van der Waals surface area contributed by atoms with Crippen LogP contribution in [0.1, 0.15) is 5.69 Å². The van der Waals surface area contributed by atoms with Gasteiger partial charge >= 0.3 is 0 Å². The molecule has 60 valence electrons. The van der Waals surface area contributed by atoms with Crippen molar-refractivity contribution in [3.05, 3.63) is 28.8 Å². The summed E-state index contributed by atoms with van der Waals surface area (Å²) >= 11 is 5.67. The van der Waals surface area contributed by atoms with Gasteiger partial charge in [0, 0.05) is 6.54 Å². The molecule has 0 aliphatic heterocycles. The standard InChI is InChI=1S/C7H8ClFN2/c1-10-4-7-6(8)2-5(9)3-11-7/h2-3,10H,4H2,1H3. The van der Waals surface area contributed by atoms with Crippen LogP contribution < -0.4 is 5.32 Å². The van der Waals surface area contributed by atoms with Crippen LogP contribution in [0.25, 0.3) is 0 Å². The highest BCUT2D eigenvalue weighted by Crippen LogP contribution is 2.13. The second kappa shape index (κ2) is 3.64. The van der Waals surface area contributed by atoms with Crippen LogP contribution >= 0.6 is 11.6 Å². The van der Waals surface area contributed by atoms with Crippen molar-refractivity contribution in [3.63, 3.8) is 0 Å². The fourth-order valence-electron chi connectivity index (χ4n) is 0.740. The second-order valence-corrected chi connectivity index (χ2v) is 2.52. The zero-order valence-corrected chi connectivity index (χ0v) is 6.82. The van der Waals surface area contributed by atoms with Crippen LogP contribution in [0.5, 0.6) is 0 Å². The van der Waals surface area contributed by atoms with Crippen molar-refractivity contribution >= 4 is 11.6 Å². The van der Waals surface area contributed by atoms with Crippen molar-refractivity contribution in [2.24, 2.45) is 0 Å². The molecule has 0 aliphatic rings. The van der Waals surface area contributed by atoms with E-state index < -0.39 is 5.82 Å². The number of hydrogen-bond acceptors (Lipinski definition) is 2. The van der Waals surface area contributed by atoms with Gasteiger partial charge in [0.2, 0.25) is 0 Å². The van der Waals surface area contributed by atoms with Gasteiger partial charge in [0.05, 0.1) is 16.9 Å². The molecule has 4 heteroatoms. The molecule has 0 fully saturated rings. The smallest absolute Gasteiger partial charge is 0.142 e. The molecular weight excluding hydrogens is 167 g/mol. The molecule has 1 rings (SSSR count). The molecule has 0 radical (unpaired) electrons. The van der Waals surface area contributed by atoms with Crippen LogP contribution in [-0.2, 0) is 6.54 Å². The van der Waals surface area contributed by atoms with Gasteiger partial charge in [-0.15, -0.1) is 0 Å². The molecule has 0 aliphatic carbocycles. The maximum absolute atomic E-state index is 12.4. The Kier molecular flexibility index (Phi) is 2.79. The lowest BCUT2D eigenvalue weighted by molar-refractivity contribution is 0.617. The van der Waals surface area contributed by atoms with E-state index in [0.29, 0.717) is 17.3 Å². The number of pyridine rings is 1. The summed E-state index contributed by atoms with van der Waals surface area (Å²) in [5, 5.41) is 3.24. The van der Waals surface area contributed by atoms with Crippen molar-refractivity contribution in [3.8, 4) is 0 Å². The highest BCUT2D eigenvalue weighted by atomic mass is 35.5. The molecule has 0 amide bonds. The lowest BCUT2D eigenvalue weighted by atomic mass is 10.3. The highest BCUT2D eigenvalue weighted by Gasteiger charge is 2.00. The molecule has 2 nitrogen and oxygen atoms in total. The zero-order valence-electron chi connectivity index (χ0n) is 6.06. The first kappa shape index (κ1) is 8.43. The van der Waals surface area contributed by atoms with Crippen molar-refractivity contribution in [2.45, 2.75) is 6.54 Å². The molecule has 11 heavy (non-hydrogen) atoms. The van der Waals surface area contributed by atoms with Crippen molar-refractivity contribution in [2.75, 3.05) is 7.05 Å². The minimum atomic E-state index is -0.408. The van der Waals surface area contributed by atoms with Gasteiger partial charge < -0.3 is 5.32 Å². The summed E-state index contributed by atoms with van der Waals surface area (Å²) in [6.45, 7) is 0.555. The topological polar surface area (TPSA) is 24.9 Å². The zero-order chi connectivity index (χ0) is 8.27. The minimum absolute atomic E-state index is 0.361. The number of rotatable bonds is 2. The van der Waals surface area contributed by atoms with Gasteiger partial charge in [0.15, 0.2) is 0 Å². The largest absolute Gasteiger partial charge is 0.314 e. The maximum atomic E-state index is 12.4. The molecule has 0 saturated carbocycles. The van der Waals surface area contributed by atoms with Crippen LogP contribution in [0.15, 0.2) is 12.3 Å². The molecule has 0 saturated heterocycles. The van der Waals surface area contributed by atoms with E-state index in [1.807, 2.05) is 0 Å². The van der Waals surface area contributed by atoms with Crippen molar-refractivity contribution in [1.29, 1.82) is 0 Å². The third kappa shape index (κ3) is 2.13. The van der Waals surface area contributed by atoms with Crippen LogP contribution in [0.2, 0.25) is 5.02 Å². The van der Waals surface area contributed by atoms with Gasteiger partial charge in [-0.2, -0.15) is 0 Å². The van der Waals surface area contributed by atoms with E-state index >= 15 is 0 Å². The summed E-state index contributed by atoms with van der Waals surface area (Å²) in [6, 6.07) is 1.25. The summed E-state index contributed by atoms with van der Waals surface area (Å²) in [5.74, 6) is -0.408. The highest BCUT2D eigenvalue weighted by molar-refractivity contribution is 6.31. The predicted molar refractivity (Wildman–Crippen MR) is 42.0 cm³/mol. The summed E-state index contributed by atoms with van der Waals surface area (Å²) in [6.07, 6.45) is 1.15. The fraction of sp³-hybridized carbons (Fsp3) is 0.286. The Morgan fingerprint density at radius 1 is 1.73 bits per heavy atom. The third-order valence-corrected chi connectivity index (χ3v) is 1.56. The average molecular weight is 175 g/mol. The van der Waals surface area contributed by atoms with E-state index in [2.05, 4.69) is 10.3 Å². The Balaban J connectivity index is 2.90. The maximum Gasteiger partial charge on any atom is 0.142 e. The van der Waals surface area contributed by atoms with E-state index in [-0.39, 0.29) is 0 Å². The number of hydrogen-bond donors (Lipinski definition) is 1. The quantitative estimate of drug-likeness (QED) is 0.737. The first-order chi connectivity index (χ1) is 5.24. The van der Waals surface area contributed by atoms with Crippen LogP contribution in [-0.4, -0.2) is 12.0 Å². The fourth-order valence-corrected chi connectivity index (χ4v) is 0.960. The van der Waals surface area contributed by atoms with E-state index in [1.165, 1.54) is 6.07 Å². The van der Waals surface area contributed by atoms with Crippen molar-refractivity contribution < 1.29 is 4.39 Å². The van der Waals surface area contributed by atoms with Gasteiger partial charge in [-0.3, -0.25) is 4.98 Å². The molecule has 0 bridgehead atoms. The lowest BCUT2D eigenvalue weighted by Gasteiger charge is -2.00. The Labute approximate surface area is 69.4 Å². The van der Waals surface area contributed by atoms with Gasteiger partial charge in [-0.25, -0.2) is 4.39 Å². The van der Waals surface area contributed by atoms with Gasteiger partial charge in [0.1, 0.15) is 5.82 Å². The van der Waals surface area contributed by atoms with Crippen LogP contribution in [0, 0.1) is 5.82 Å². The SMILES string of the molecule is CNCc1ncc(F)cc1Cl. The van der Waals surface area contributed by atoms with Gasteiger partial charge in [0.25, 0.3) is 0 Å². The molecule has 0 aromatic carbocycles. The summed E-state index contributed by atoms with van der Waals surface area (Å²) in [5.41, 5.74) is 0.663. The molecule has 0 atom stereocenters. The normalized spacial score (nSPS) is 10.1. The lowest BCUT2D eigenvalue weighted by Crippen LogP contribution is -2.07. The monoisotopic (exact) mass is 174 g/mol.